The molecule has 0 saturated carbocycles. The van der Waals surface area contributed by atoms with E-state index < -0.39 is 7.12 Å². The lowest BCUT2D eigenvalue weighted by atomic mass is 9.80. The summed E-state index contributed by atoms with van der Waals surface area (Å²) in [7, 11) is -1.50. The largest absolute Gasteiger partial charge is 0.488 e. The van der Waals surface area contributed by atoms with E-state index in [2.05, 4.69) is 0 Å². The van der Waals surface area contributed by atoms with Crippen LogP contribution < -0.4 is 5.46 Å². The lowest BCUT2D eigenvalue weighted by Gasteiger charge is -2.11. The number of aromatic nitrogens is 2. The van der Waals surface area contributed by atoms with Crippen LogP contribution in [0, 0.1) is 0 Å². The van der Waals surface area contributed by atoms with E-state index in [-0.39, 0.29) is 0 Å². The molecule has 4 rings (SSSR count). The van der Waals surface area contributed by atoms with Crippen molar-refractivity contribution in [2.24, 2.45) is 0 Å². The van der Waals surface area contributed by atoms with Crippen molar-refractivity contribution in [2.45, 2.75) is 0 Å². The van der Waals surface area contributed by atoms with Crippen molar-refractivity contribution >= 4 is 23.6 Å². The zero-order chi connectivity index (χ0) is 16.5. The first-order chi connectivity index (χ1) is 11.7. The smallest absolute Gasteiger partial charge is 0.423 e. The fourth-order valence-corrected chi connectivity index (χ4v) is 2.89. The summed E-state index contributed by atoms with van der Waals surface area (Å²) in [6.45, 7) is 0. The first kappa shape index (κ1) is 14.7. The number of hydrogen-bond donors (Lipinski definition) is 2. The number of imidazole rings is 1. The van der Waals surface area contributed by atoms with Crippen LogP contribution in [0.4, 0.5) is 0 Å². The topological polar surface area (TPSA) is 58.3 Å². The van der Waals surface area contributed by atoms with Crippen molar-refractivity contribution in [1.82, 2.24) is 9.55 Å². The molecule has 0 aliphatic rings. The highest BCUT2D eigenvalue weighted by Gasteiger charge is 2.16. The second-order valence-electron chi connectivity index (χ2n) is 5.59. The van der Waals surface area contributed by atoms with E-state index in [0.29, 0.717) is 5.46 Å². The van der Waals surface area contributed by atoms with Crippen LogP contribution in [-0.2, 0) is 0 Å². The monoisotopic (exact) mass is 314 g/mol. The van der Waals surface area contributed by atoms with Gasteiger partial charge in [-0.3, -0.25) is 4.57 Å². The van der Waals surface area contributed by atoms with Gasteiger partial charge in [-0.25, -0.2) is 4.98 Å². The number of fused-ring (bicyclic) bond motifs is 1. The van der Waals surface area contributed by atoms with Crippen LogP contribution in [-0.4, -0.2) is 26.7 Å². The molecule has 3 aromatic carbocycles. The quantitative estimate of drug-likeness (QED) is 0.571. The zero-order valence-electron chi connectivity index (χ0n) is 12.9. The minimum Gasteiger partial charge on any atom is -0.423 e. The molecule has 4 nitrogen and oxygen atoms in total. The first-order valence-electron chi connectivity index (χ1n) is 7.73. The van der Waals surface area contributed by atoms with Crippen molar-refractivity contribution in [2.75, 3.05) is 0 Å². The van der Waals surface area contributed by atoms with Crippen molar-refractivity contribution in [1.29, 1.82) is 0 Å². The van der Waals surface area contributed by atoms with Crippen LogP contribution in [0.5, 0.6) is 0 Å². The third kappa shape index (κ3) is 2.50. The van der Waals surface area contributed by atoms with Gasteiger partial charge in [-0.2, -0.15) is 0 Å². The van der Waals surface area contributed by atoms with Crippen LogP contribution >= 0.6 is 0 Å². The van der Waals surface area contributed by atoms with Gasteiger partial charge in [0.25, 0.3) is 0 Å². The summed E-state index contributed by atoms with van der Waals surface area (Å²) < 4.78 is 2.04. The van der Waals surface area contributed by atoms with Gasteiger partial charge in [0.2, 0.25) is 0 Å². The van der Waals surface area contributed by atoms with Gasteiger partial charge in [-0.1, -0.05) is 54.6 Å². The molecule has 1 aromatic heterocycles. The molecule has 0 aliphatic heterocycles. The van der Waals surface area contributed by atoms with Gasteiger partial charge in [0.1, 0.15) is 5.82 Å². The van der Waals surface area contributed by atoms with E-state index in [0.717, 1.165) is 28.1 Å². The molecule has 116 valence electrons. The lowest BCUT2D eigenvalue weighted by molar-refractivity contribution is 0.426. The van der Waals surface area contributed by atoms with Gasteiger partial charge in [0.15, 0.2) is 0 Å². The van der Waals surface area contributed by atoms with Crippen molar-refractivity contribution in [3.63, 3.8) is 0 Å². The predicted octanol–water partition coefficient (Wildman–Crippen LogP) is 2.37. The molecule has 5 heteroatoms. The predicted molar refractivity (Wildman–Crippen MR) is 96.3 cm³/mol. The Bertz CT molecular complexity index is 997. The van der Waals surface area contributed by atoms with E-state index in [1.54, 1.807) is 12.1 Å². The Balaban J connectivity index is 2.01. The van der Waals surface area contributed by atoms with Gasteiger partial charge < -0.3 is 10.0 Å². The Morgan fingerprint density at radius 3 is 2.33 bits per heavy atom. The molecular weight excluding hydrogens is 299 g/mol. The molecule has 0 spiro atoms. The molecule has 24 heavy (non-hydrogen) atoms. The van der Waals surface area contributed by atoms with E-state index >= 15 is 0 Å². The van der Waals surface area contributed by atoms with Gasteiger partial charge in [0, 0.05) is 11.3 Å². The van der Waals surface area contributed by atoms with Crippen molar-refractivity contribution < 1.29 is 10.0 Å². The number of para-hydroxylation sites is 2. The number of nitrogens with zero attached hydrogens (tertiary/aromatic N) is 2. The van der Waals surface area contributed by atoms with Gasteiger partial charge >= 0.3 is 7.12 Å². The van der Waals surface area contributed by atoms with Crippen LogP contribution in [0.15, 0.2) is 78.9 Å². The molecule has 4 aromatic rings. The maximum absolute atomic E-state index is 9.48. The number of benzene rings is 3. The summed E-state index contributed by atoms with van der Waals surface area (Å²) >= 11 is 0. The van der Waals surface area contributed by atoms with E-state index in [9.17, 15) is 10.0 Å². The van der Waals surface area contributed by atoms with Crippen LogP contribution in [0.2, 0.25) is 0 Å². The molecule has 0 aliphatic carbocycles. The summed E-state index contributed by atoms with van der Waals surface area (Å²) in [5.74, 6) is 0.821. The summed E-state index contributed by atoms with van der Waals surface area (Å²) in [6, 6.07) is 25.1. The van der Waals surface area contributed by atoms with E-state index in [1.807, 2.05) is 71.3 Å². The maximum Gasteiger partial charge on any atom is 0.488 e. The van der Waals surface area contributed by atoms with Gasteiger partial charge in [-0.15, -0.1) is 0 Å². The summed E-state index contributed by atoms with van der Waals surface area (Å²) in [5.41, 5.74) is 4.16. The second-order valence-corrected chi connectivity index (χ2v) is 5.59. The molecule has 0 fully saturated rings. The van der Waals surface area contributed by atoms with Crippen LogP contribution in [0.25, 0.3) is 28.1 Å². The van der Waals surface area contributed by atoms with Crippen LogP contribution in [0.3, 0.4) is 0 Å². The minimum absolute atomic E-state index is 0.448. The Hall–Kier alpha value is -2.89. The SMILES string of the molecule is OB(O)c1cccc(-n2c(-c3ccccc3)nc3ccccc32)c1. The average Bonchev–Trinajstić information content (AvgIpc) is 3.02. The lowest BCUT2D eigenvalue weighted by Crippen LogP contribution is -2.29. The summed E-state index contributed by atoms with van der Waals surface area (Å²) in [6.07, 6.45) is 0. The molecule has 2 N–H and O–H groups in total. The van der Waals surface area contributed by atoms with Gasteiger partial charge in [0.05, 0.1) is 11.0 Å². The second kappa shape index (κ2) is 5.96. The highest BCUT2D eigenvalue weighted by molar-refractivity contribution is 6.58. The molecule has 0 amide bonds. The third-order valence-corrected chi connectivity index (χ3v) is 4.02. The maximum atomic E-state index is 9.48. The third-order valence-electron chi connectivity index (χ3n) is 4.02. The molecule has 0 radical (unpaired) electrons. The minimum atomic E-state index is -1.50. The summed E-state index contributed by atoms with van der Waals surface area (Å²) in [4.78, 5) is 4.77. The fraction of sp³-hybridized carbons (Fsp3) is 0. The molecule has 0 unspecified atom stereocenters. The van der Waals surface area contributed by atoms with Gasteiger partial charge in [-0.05, 0) is 29.7 Å². The van der Waals surface area contributed by atoms with Crippen LogP contribution in [0.1, 0.15) is 0 Å². The number of hydrogen-bond acceptors (Lipinski definition) is 3. The molecular formula is C19H15BN2O2. The van der Waals surface area contributed by atoms with E-state index in [1.165, 1.54) is 0 Å². The van der Waals surface area contributed by atoms with Crippen molar-refractivity contribution in [3.05, 3.63) is 78.9 Å². The molecule has 1 heterocycles. The number of rotatable bonds is 3. The Kier molecular flexibility index (Phi) is 3.65. The molecule has 0 saturated heterocycles. The average molecular weight is 314 g/mol. The van der Waals surface area contributed by atoms with Crippen molar-refractivity contribution in [3.8, 4) is 17.1 Å². The highest BCUT2D eigenvalue weighted by Crippen LogP contribution is 2.28. The highest BCUT2D eigenvalue weighted by atomic mass is 16.4. The molecule has 0 atom stereocenters. The fourth-order valence-electron chi connectivity index (χ4n) is 2.89. The Morgan fingerprint density at radius 2 is 1.54 bits per heavy atom. The first-order valence-corrected chi connectivity index (χ1v) is 7.73. The Morgan fingerprint density at radius 1 is 0.792 bits per heavy atom. The normalized spacial score (nSPS) is 10.9. The van der Waals surface area contributed by atoms with E-state index in [4.69, 9.17) is 4.98 Å². The zero-order valence-corrected chi connectivity index (χ0v) is 12.9. The summed E-state index contributed by atoms with van der Waals surface area (Å²) in [5, 5.41) is 19.0. The molecule has 0 bridgehead atoms. The standard InChI is InChI=1S/C19H15BN2O2/c23-20(24)15-9-6-10-16(13-15)22-18-12-5-4-11-17(18)21-19(22)14-7-2-1-3-8-14/h1-13,23-24H. The Labute approximate surface area is 139 Å².